The molecule has 25 heavy (non-hydrogen) atoms. The molecule has 130 valence electrons. The molecule has 0 atom stereocenters. The minimum atomic E-state index is -2.70. The van der Waals surface area contributed by atoms with Crippen molar-refractivity contribution in [1.82, 2.24) is 14.5 Å². The number of aromatic nitrogens is 3. The van der Waals surface area contributed by atoms with E-state index in [1.165, 1.54) is 4.57 Å². The lowest BCUT2D eigenvalue weighted by Gasteiger charge is -2.28. The fraction of sp³-hybridized carbons (Fsp3) is 0.294. The van der Waals surface area contributed by atoms with E-state index in [4.69, 9.17) is 10.5 Å². The van der Waals surface area contributed by atoms with Crippen molar-refractivity contribution in [2.45, 2.75) is 6.43 Å². The number of pyridine rings is 1. The second-order valence-corrected chi connectivity index (χ2v) is 5.80. The summed E-state index contributed by atoms with van der Waals surface area (Å²) < 4.78 is 33.9. The quantitative estimate of drug-likeness (QED) is 0.790. The van der Waals surface area contributed by atoms with E-state index in [1.54, 1.807) is 36.4 Å². The number of benzene rings is 1. The average Bonchev–Trinajstić information content (AvgIpc) is 3.02. The number of anilines is 2. The fourth-order valence-corrected chi connectivity index (χ4v) is 3.07. The molecule has 0 saturated carbocycles. The lowest BCUT2D eigenvalue weighted by molar-refractivity contribution is 0.122. The Balaban J connectivity index is 1.88. The highest BCUT2D eigenvalue weighted by molar-refractivity contribution is 5.79. The zero-order chi connectivity index (χ0) is 17.4. The van der Waals surface area contributed by atoms with Gasteiger partial charge in [0.05, 0.1) is 29.9 Å². The van der Waals surface area contributed by atoms with Crippen molar-refractivity contribution in [2.24, 2.45) is 0 Å². The van der Waals surface area contributed by atoms with Crippen LogP contribution in [-0.4, -0.2) is 40.8 Å². The van der Waals surface area contributed by atoms with Gasteiger partial charge in [-0.05, 0) is 12.1 Å². The Hall–Kier alpha value is -2.74. The molecule has 3 aromatic rings. The minimum absolute atomic E-state index is 0.275. The molecule has 8 heteroatoms. The maximum Gasteiger partial charge on any atom is 0.295 e. The van der Waals surface area contributed by atoms with Gasteiger partial charge in [-0.15, -0.1) is 0 Å². The van der Waals surface area contributed by atoms with Crippen LogP contribution in [0.2, 0.25) is 0 Å². The predicted octanol–water partition coefficient (Wildman–Crippen LogP) is 2.78. The molecule has 6 nitrogen and oxygen atoms in total. The summed E-state index contributed by atoms with van der Waals surface area (Å²) in [6.45, 7) is 2.56. The third-order valence-electron chi connectivity index (χ3n) is 4.19. The van der Waals surface area contributed by atoms with Gasteiger partial charge in [0, 0.05) is 25.2 Å². The van der Waals surface area contributed by atoms with Crippen LogP contribution in [0.3, 0.4) is 0 Å². The Morgan fingerprint density at radius 1 is 1.08 bits per heavy atom. The summed E-state index contributed by atoms with van der Waals surface area (Å²) >= 11 is 0. The van der Waals surface area contributed by atoms with Crippen LogP contribution in [0.5, 0.6) is 0 Å². The standard InChI is InChI=1S/C17H17F2N5O/c18-16(19)17-21-12-3-1-2-4-13(12)24(17)11-9-14(20)22-15(10-11)23-5-7-25-8-6-23/h1-4,9-10,16H,5-8H2,(H2,20,22). The van der Waals surface area contributed by atoms with Crippen LogP contribution in [0.25, 0.3) is 16.7 Å². The molecule has 0 spiro atoms. The van der Waals surface area contributed by atoms with Crippen LogP contribution < -0.4 is 10.6 Å². The first-order chi connectivity index (χ1) is 12.1. The van der Waals surface area contributed by atoms with Crippen molar-refractivity contribution in [1.29, 1.82) is 0 Å². The van der Waals surface area contributed by atoms with Crippen LogP contribution in [0.15, 0.2) is 36.4 Å². The van der Waals surface area contributed by atoms with E-state index in [2.05, 4.69) is 9.97 Å². The second-order valence-electron chi connectivity index (χ2n) is 5.80. The van der Waals surface area contributed by atoms with Gasteiger partial charge < -0.3 is 15.4 Å². The van der Waals surface area contributed by atoms with E-state index in [0.29, 0.717) is 48.8 Å². The number of morpholine rings is 1. The first kappa shape index (κ1) is 15.8. The zero-order valence-electron chi connectivity index (χ0n) is 13.4. The molecule has 3 heterocycles. The SMILES string of the molecule is Nc1cc(-n2c(C(F)F)nc3ccccc32)cc(N2CCOCC2)n1. The summed E-state index contributed by atoms with van der Waals surface area (Å²) in [5.41, 5.74) is 7.60. The van der Waals surface area contributed by atoms with Gasteiger partial charge in [-0.25, -0.2) is 18.7 Å². The van der Waals surface area contributed by atoms with Crippen LogP contribution in [0.1, 0.15) is 12.2 Å². The van der Waals surface area contributed by atoms with Gasteiger partial charge in [0.2, 0.25) is 0 Å². The molecule has 0 bridgehead atoms. The van der Waals surface area contributed by atoms with E-state index < -0.39 is 6.43 Å². The van der Waals surface area contributed by atoms with Crippen LogP contribution >= 0.6 is 0 Å². The van der Waals surface area contributed by atoms with Crippen LogP contribution in [0, 0.1) is 0 Å². The Morgan fingerprint density at radius 2 is 1.84 bits per heavy atom. The summed E-state index contributed by atoms with van der Waals surface area (Å²) in [6, 6.07) is 10.4. The molecule has 1 aliphatic rings. The number of hydrogen-bond donors (Lipinski definition) is 1. The Bertz CT molecular complexity index is 905. The molecule has 2 N–H and O–H groups in total. The number of para-hydroxylation sites is 2. The molecule has 2 aromatic heterocycles. The maximum atomic E-state index is 13.5. The Labute approximate surface area is 142 Å². The fourth-order valence-electron chi connectivity index (χ4n) is 3.07. The number of nitrogens with two attached hydrogens (primary N) is 1. The number of imidazole rings is 1. The molecule has 1 aliphatic heterocycles. The molecule has 0 aliphatic carbocycles. The van der Waals surface area contributed by atoms with E-state index in [1.807, 2.05) is 4.90 Å². The van der Waals surface area contributed by atoms with Gasteiger partial charge in [0.25, 0.3) is 6.43 Å². The highest BCUT2D eigenvalue weighted by Gasteiger charge is 2.21. The van der Waals surface area contributed by atoms with E-state index in [-0.39, 0.29) is 11.6 Å². The van der Waals surface area contributed by atoms with Crippen molar-refractivity contribution < 1.29 is 13.5 Å². The topological polar surface area (TPSA) is 69.2 Å². The molecular weight excluding hydrogens is 328 g/mol. The Morgan fingerprint density at radius 3 is 2.60 bits per heavy atom. The largest absolute Gasteiger partial charge is 0.384 e. The van der Waals surface area contributed by atoms with Crippen molar-refractivity contribution in [3.63, 3.8) is 0 Å². The first-order valence-corrected chi connectivity index (χ1v) is 7.99. The number of hydrogen-bond acceptors (Lipinski definition) is 5. The molecule has 0 amide bonds. The number of ether oxygens (including phenoxy) is 1. The summed E-state index contributed by atoms with van der Waals surface area (Å²) in [5, 5.41) is 0. The number of nitrogen functional groups attached to an aromatic ring is 1. The number of alkyl halides is 2. The number of fused-ring (bicyclic) bond motifs is 1. The number of nitrogens with zero attached hydrogens (tertiary/aromatic N) is 4. The molecule has 1 saturated heterocycles. The van der Waals surface area contributed by atoms with Gasteiger partial charge >= 0.3 is 0 Å². The highest BCUT2D eigenvalue weighted by Crippen LogP contribution is 2.30. The minimum Gasteiger partial charge on any atom is -0.384 e. The summed E-state index contributed by atoms with van der Waals surface area (Å²) in [4.78, 5) is 10.5. The highest BCUT2D eigenvalue weighted by atomic mass is 19.3. The lowest BCUT2D eigenvalue weighted by Crippen LogP contribution is -2.36. The lowest BCUT2D eigenvalue weighted by atomic mass is 10.3. The number of rotatable bonds is 3. The number of halogens is 2. The third kappa shape index (κ3) is 2.89. The molecule has 4 rings (SSSR count). The molecule has 0 radical (unpaired) electrons. The maximum absolute atomic E-state index is 13.5. The van der Waals surface area contributed by atoms with Crippen LogP contribution in [-0.2, 0) is 4.74 Å². The molecule has 1 fully saturated rings. The second kappa shape index (κ2) is 6.29. The van der Waals surface area contributed by atoms with Gasteiger partial charge in [0.1, 0.15) is 11.6 Å². The van der Waals surface area contributed by atoms with Gasteiger partial charge in [-0.1, -0.05) is 12.1 Å². The van der Waals surface area contributed by atoms with Crippen LogP contribution in [0.4, 0.5) is 20.4 Å². The average molecular weight is 345 g/mol. The normalized spacial score (nSPS) is 15.2. The third-order valence-corrected chi connectivity index (χ3v) is 4.19. The van der Waals surface area contributed by atoms with E-state index in [0.717, 1.165) is 0 Å². The first-order valence-electron chi connectivity index (χ1n) is 7.99. The Kier molecular flexibility index (Phi) is 3.96. The van der Waals surface area contributed by atoms with Crippen molar-refractivity contribution >= 4 is 22.7 Å². The van der Waals surface area contributed by atoms with Crippen molar-refractivity contribution in [3.8, 4) is 5.69 Å². The van der Waals surface area contributed by atoms with Gasteiger partial charge in [-0.2, -0.15) is 0 Å². The smallest absolute Gasteiger partial charge is 0.295 e. The summed E-state index contributed by atoms with van der Waals surface area (Å²) in [5.74, 6) is 0.619. The molecule has 0 unspecified atom stereocenters. The molecular formula is C17H17F2N5O. The summed E-state index contributed by atoms with van der Waals surface area (Å²) in [7, 11) is 0. The van der Waals surface area contributed by atoms with E-state index in [9.17, 15) is 8.78 Å². The van der Waals surface area contributed by atoms with Crippen molar-refractivity contribution in [3.05, 3.63) is 42.2 Å². The summed E-state index contributed by atoms with van der Waals surface area (Å²) in [6.07, 6.45) is -2.70. The van der Waals surface area contributed by atoms with Gasteiger partial charge in [-0.3, -0.25) is 4.57 Å². The van der Waals surface area contributed by atoms with Crippen molar-refractivity contribution in [2.75, 3.05) is 36.9 Å². The predicted molar refractivity (Wildman–Crippen MR) is 91.3 cm³/mol. The van der Waals surface area contributed by atoms with Gasteiger partial charge in [0.15, 0.2) is 5.82 Å². The molecule has 1 aromatic carbocycles. The zero-order valence-corrected chi connectivity index (χ0v) is 13.4. The van der Waals surface area contributed by atoms with E-state index >= 15 is 0 Å². The monoisotopic (exact) mass is 345 g/mol.